The molecule has 0 atom stereocenters. The summed E-state index contributed by atoms with van der Waals surface area (Å²) in [5.41, 5.74) is 7.35. The van der Waals surface area contributed by atoms with E-state index in [2.05, 4.69) is 5.10 Å². The van der Waals surface area contributed by atoms with E-state index in [0.717, 1.165) is 11.3 Å². The molecule has 0 bridgehead atoms. The van der Waals surface area contributed by atoms with Crippen LogP contribution in [-0.4, -0.2) is 29.2 Å². The van der Waals surface area contributed by atoms with Crippen molar-refractivity contribution in [2.75, 3.05) is 5.75 Å². The zero-order chi connectivity index (χ0) is 12.3. The molecule has 0 amide bonds. The third kappa shape index (κ3) is 3.05. The quantitative estimate of drug-likeness (QED) is 0.818. The topological polar surface area (TPSA) is 78.0 Å². The van der Waals surface area contributed by atoms with Crippen LogP contribution in [-0.2, 0) is 22.9 Å². The van der Waals surface area contributed by atoms with Gasteiger partial charge in [-0.3, -0.25) is 4.68 Å². The normalized spacial score (nSPS) is 12.3. The predicted molar refractivity (Wildman–Crippen MR) is 63.8 cm³/mol. The molecule has 92 valence electrons. The van der Waals surface area contributed by atoms with Gasteiger partial charge in [-0.05, 0) is 20.8 Å². The van der Waals surface area contributed by atoms with E-state index in [1.807, 2.05) is 13.1 Å². The first kappa shape index (κ1) is 13.2. The van der Waals surface area contributed by atoms with Gasteiger partial charge in [-0.2, -0.15) is 5.10 Å². The van der Waals surface area contributed by atoms with Crippen molar-refractivity contribution in [3.8, 4) is 0 Å². The molecule has 0 saturated carbocycles. The van der Waals surface area contributed by atoms with Crippen LogP contribution in [0.4, 0.5) is 0 Å². The Morgan fingerprint density at radius 1 is 1.50 bits per heavy atom. The maximum Gasteiger partial charge on any atom is 0.154 e. The molecule has 0 saturated heterocycles. The van der Waals surface area contributed by atoms with E-state index in [0.29, 0.717) is 13.1 Å². The molecule has 0 aliphatic heterocycles. The lowest BCUT2D eigenvalue weighted by atomic mass is 10.3. The Morgan fingerprint density at radius 3 is 2.56 bits per heavy atom. The highest BCUT2D eigenvalue weighted by Crippen LogP contribution is 2.06. The highest BCUT2D eigenvalue weighted by Gasteiger charge is 2.16. The molecule has 0 fully saturated rings. The second-order valence-corrected chi connectivity index (χ2v) is 6.80. The molecule has 0 aliphatic carbocycles. The van der Waals surface area contributed by atoms with Crippen LogP contribution in [0.1, 0.15) is 25.1 Å². The molecule has 0 radical (unpaired) electrons. The van der Waals surface area contributed by atoms with Crippen LogP contribution in [0, 0.1) is 6.92 Å². The van der Waals surface area contributed by atoms with Crippen molar-refractivity contribution < 1.29 is 8.42 Å². The Kier molecular flexibility index (Phi) is 4.09. The minimum absolute atomic E-state index is 0.121. The van der Waals surface area contributed by atoms with E-state index in [-0.39, 0.29) is 11.0 Å². The van der Waals surface area contributed by atoms with Gasteiger partial charge in [0.2, 0.25) is 0 Å². The van der Waals surface area contributed by atoms with E-state index >= 15 is 0 Å². The minimum atomic E-state index is -3.00. The number of nitrogens with zero attached hydrogens (tertiary/aromatic N) is 2. The summed E-state index contributed by atoms with van der Waals surface area (Å²) >= 11 is 0. The standard InChI is InChI=1S/C10H19N3O2S/c1-8(2)16(14,15)5-4-13-7-10(6-11)9(3)12-13/h7-8H,4-6,11H2,1-3H3. The lowest BCUT2D eigenvalue weighted by Gasteiger charge is -2.07. The van der Waals surface area contributed by atoms with Crippen LogP contribution in [0.15, 0.2) is 6.20 Å². The largest absolute Gasteiger partial charge is 0.326 e. The van der Waals surface area contributed by atoms with Crippen molar-refractivity contribution in [3.63, 3.8) is 0 Å². The van der Waals surface area contributed by atoms with Gasteiger partial charge in [-0.25, -0.2) is 8.42 Å². The average Bonchev–Trinajstić information content (AvgIpc) is 2.56. The molecule has 1 aromatic rings. The summed E-state index contributed by atoms with van der Waals surface area (Å²) in [6.07, 6.45) is 1.81. The number of aryl methyl sites for hydroxylation is 2. The second kappa shape index (κ2) is 4.97. The van der Waals surface area contributed by atoms with E-state index < -0.39 is 9.84 Å². The number of hydrogen-bond donors (Lipinski definition) is 1. The first-order valence-corrected chi connectivity index (χ1v) is 7.03. The van der Waals surface area contributed by atoms with Crippen LogP contribution in [0.25, 0.3) is 0 Å². The second-order valence-electron chi connectivity index (χ2n) is 4.12. The predicted octanol–water partition coefficient (Wildman–Crippen LogP) is 0.473. The number of nitrogens with two attached hydrogens (primary N) is 1. The fourth-order valence-corrected chi connectivity index (χ4v) is 2.24. The van der Waals surface area contributed by atoms with Crippen molar-refractivity contribution in [1.82, 2.24) is 9.78 Å². The van der Waals surface area contributed by atoms with Gasteiger partial charge in [0.05, 0.1) is 23.2 Å². The SMILES string of the molecule is Cc1nn(CCS(=O)(=O)C(C)C)cc1CN. The fourth-order valence-electron chi connectivity index (χ4n) is 1.33. The third-order valence-corrected chi connectivity index (χ3v) is 4.78. The van der Waals surface area contributed by atoms with Gasteiger partial charge in [-0.15, -0.1) is 0 Å². The van der Waals surface area contributed by atoms with Crippen LogP contribution in [0.2, 0.25) is 0 Å². The maximum absolute atomic E-state index is 11.6. The summed E-state index contributed by atoms with van der Waals surface area (Å²) in [5, 5.41) is 3.88. The Bertz CT molecular complexity index is 449. The zero-order valence-corrected chi connectivity index (χ0v) is 10.8. The molecule has 0 aliphatic rings. The Hall–Kier alpha value is -0.880. The highest BCUT2D eigenvalue weighted by atomic mass is 32.2. The Balaban J connectivity index is 2.69. The molecule has 0 aromatic carbocycles. The van der Waals surface area contributed by atoms with Crippen molar-refractivity contribution in [1.29, 1.82) is 0 Å². The molecule has 1 rings (SSSR count). The van der Waals surface area contributed by atoms with Crippen molar-refractivity contribution in [2.24, 2.45) is 5.73 Å². The molecule has 16 heavy (non-hydrogen) atoms. The van der Waals surface area contributed by atoms with Crippen molar-refractivity contribution >= 4 is 9.84 Å². The van der Waals surface area contributed by atoms with Crippen molar-refractivity contribution in [3.05, 3.63) is 17.5 Å². The molecular formula is C10H19N3O2S. The van der Waals surface area contributed by atoms with Crippen LogP contribution in [0.5, 0.6) is 0 Å². The summed E-state index contributed by atoms with van der Waals surface area (Å²) in [6.45, 7) is 6.07. The zero-order valence-electron chi connectivity index (χ0n) is 9.97. The molecule has 2 N–H and O–H groups in total. The number of hydrogen-bond acceptors (Lipinski definition) is 4. The van der Waals surface area contributed by atoms with Gasteiger partial charge in [-0.1, -0.05) is 0 Å². The number of rotatable bonds is 5. The van der Waals surface area contributed by atoms with Gasteiger partial charge >= 0.3 is 0 Å². The van der Waals surface area contributed by atoms with E-state index in [1.54, 1.807) is 18.5 Å². The van der Waals surface area contributed by atoms with Gasteiger partial charge in [0, 0.05) is 18.3 Å². The van der Waals surface area contributed by atoms with Crippen LogP contribution < -0.4 is 5.73 Å². The molecule has 5 nitrogen and oxygen atoms in total. The molecular weight excluding hydrogens is 226 g/mol. The molecule has 1 aromatic heterocycles. The molecule has 1 heterocycles. The maximum atomic E-state index is 11.6. The van der Waals surface area contributed by atoms with E-state index in [9.17, 15) is 8.42 Å². The van der Waals surface area contributed by atoms with E-state index in [4.69, 9.17) is 5.73 Å². The van der Waals surface area contributed by atoms with Gasteiger partial charge < -0.3 is 5.73 Å². The first-order chi connectivity index (χ1) is 7.36. The third-order valence-electron chi connectivity index (χ3n) is 2.59. The van der Waals surface area contributed by atoms with Crippen LogP contribution in [0.3, 0.4) is 0 Å². The molecule has 0 unspecified atom stereocenters. The average molecular weight is 245 g/mol. The summed E-state index contributed by atoms with van der Waals surface area (Å²) in [5.74, 6) is 0.121. The number of aromatic nitrogens is 2. The van der Waals surface area contributed by atoms with Gasteiger partial charge in [0.15, 0.2) is 9.84 Å². The Morgan fingerprint density at radius 2 is 2.12 bits per heavy atom. The summed E-state index contributed by atoms with van der Waals surface area (Å²) < 4.78 is 24.8. The summed E-state index contributed by atoms with van der Waals surface area (Å²) in [6, 6.07) is 0. The number of sulfone groups is 1. The summed E-state index contributed by atoms with van der Waals surface area (Å²) in [7, 11) is -3.00. The van der Waals surface area contributed by atoms with Crippen molar-refractivity contribution in [2.45, 2.75) is 39.1 Å². The monoisotopic (exact) mass is 245 g/mol. The smallest absolute Gasteiger partial charge is 0.154 e. The lowest BCUT2D eigenvalue weighted by Crippen LogP contribution is -2.21. The summed E-state index contributed by atoms with van der Waals surface area (Å²) in [4.78, 5) is 0. The lowest BCUT2D eigenvalue weighted by molar-refractivity contribution is 0.572. The first-order valence-electron chi connectivity index (χ1n) is 5.31. The Labute approximate surface area is 96.6 Å². The van der Waals surface area contributed by atoms with E-state index in [1.165, 1.54) is 0 Å². The minimum Gasteiger partial charge on any atom is -0.326 e. The van der Waals surface area contributed by atoms with Gasteiger partial charge in [0.1, 0.15) is 0 Å². The molecule has 0 spiro atoms. The fraction of sp³-hybridized carbons (Fsp3) is 0.700. The van der Waals surface area contributed by atoms with Crippen LogP contribution >= 0.6 is 0 Å². The van der Waals surface area contributed by atoms with Gasteiger partial charge in [0.25, 0.3) is 0 Å². The molecule has 6 heteroatoms. The highest BCUT2D eigenvalue weighted by molar-refractivity contribution is 7.91.